The summed E-state index contributed by atoms with van der Waals surface area (Å²) in [6.07, 6.45) is 14.0. The summed E-state index contributed by atoms with van der Waals surface area (Å²) in [6.45, 7) is 1.96. The highest BCUT2D eigenvalue weighted by Crippen LogP contribution is 2.28. The SMILES string of the molecule is c1cncc(-c2[nH]ncc2CNCCCC2CCCC2)c1. The first-order valence-corrected chi connectivity index (χ1v) is 8.07. The minimum Gasteiger partial charge on any atom is -0.313 e. The van der Waals surface area contributed by atoms with Crippen molar-refractivity contribution in [1.82, 2.24) is 20.5 Å². The van der Waals surface area contributed by atoms with Gasteiger partial charge in [-0.05, 0) is 37.4 Å². The van der Waals surface area contributed by atoms with Crippen molar-refractivity contribution >= 4 is 0 Å². The maximum atomic E-state index is 4.17. The van der Waals surface area contributed by atoms with Crippen molar-refractivity contribution in [3.63, 3.8) is 0 Å². The predicted molar refractivity (Wildman–Crippen MR) is 84.7 cm³/mol. The quantitative estimate of drug-likeness (QED) is 0.765. The summed E-state index contributed by atoms with van der Waals surface area (Å²) in [5.41, 5.74) is 3.38. The molecule has 112 valence electrons. The zero-order valence-electron chi connectivity index (χ0n) is 12.5. The number of nitrogens with zero attached hydrogens (tertiary/aromatic N) is 2. The highest BCUT2D eigenvalue weighted by Gasteiger charge is 2.14. The Morgan fingerprint density at radius 2 is 2.14 bits per heavy atom. The number of H-pyrrole nitrogens is 1. The van der Waals surface area contributed by atoms with Crippen LogP contribution in [-0.4, -0.2) is 21.7 Å². The molecule has 2 aromatic rings. The van der Waals surface area contributed by atoms with Crippen molar-refractivity contribution in [1.29, 1.82) is 0 Å². The van der Waals surface area contributed by atoms with E-state index in [9.17, 15) is 0 Å². The van der Waals surface area contributed by atoms with Crippen LogP contribution in [0.5, 0.6) is 0 Å². The zero-order valence-corrected chi connectivity index (χ0v) is 12.5. The molecule has 3 rings (SSSR count). The molecular formula is C17H24N4. The van der Waals surface area contributed by atoms with Crippen LogP contribution in [-0.2, 0) is 6.54 Å². The Morgan fingerprint density at radius 3 is 2.95 bits per heavy atom. The Labute approximate surface area is 126 Å². The molecule has 0 aliphatic heterocycles. The van der Waals surface area contributed by atoms with Crippen LogP contribution in [0, 0.1) is 5.92 Å². The van der Waals surface area contributed by atoms with Crippen molar-refractivity contribution < 1.29 is 0 Å². The van der Waals surface area contributed by atoms with Crippen LogP contribution < -0.4 is 5.32 Å². The van der Waals surface area contributed by atoms with Crippen molar-refractivity contribution in [3.05, 3.63) is 36.3 Å². The molecule has 0 bridgehead atoms. The number of aromatic nitrogens is 3. The van der Waals surface area contributed by atoms with Crippen molar-refractivity contribution in [2.75, 3.05) is 6.54 Å². The van der Waals surface area contributed by atoms with Crippen molar-refractivity contribution in [2.45, 2.75) is 45.1 Å². The van der Waals surface area contributed by atoms with Gasteiger partial charge in [0, 0.05) is 30.1 Å². The lowest BCUT2D eigenvalue weighted by atomic mass is 10.0. The number of aromatic amines is 1. The van der Waals surface area contributed by atoms with Gasteiger partial charge in [-0.1, -0.05) is 25.7 Å². The Balaban J connectivity index is 1.44. The maximum absolute atomic E-state index is 4.17. The normalized spacial score (nSPS) is 15.6. The molecule has 0 aromatic carbocycles. The van der Waals surface area contributed by atoms with Crippen molar-refractivity contribution in [3.8, 4) is 11.3 Å². The highest BCUT2D eigenvalue weighted by atomic mass is 15.1. The van der Waals surface area contributed by atoms with Crippen LogP contribution in [0.3, 0.4) is 0 Å². The van der Waals surface area contributed by atoms with E-state index in [4.69, 9.17) is 0 Å². The van der Waals surface area contributed by atoms with E-state index in [1.165, 1.54) is 44.1 Å². The molecule has 0 amide bonds. The van der Waals surface area contributed by atoms with Gasteiger partial charge in [0.2, 0.25) is 0 Å². The Hall–Kier alpha value is -1.68. The molecule has 0 spiro atoms. The standard InChI is InChI=1S/C17H24N4/c1-2-6-14(5-1)7-3-9-19-12-16-13-20-21-17(16)15-8-4-10-18-11-15/h4,8,10-11,13-14,19H,1-3,5-7,9,12H2,(H,20,21). The fourth-order valence-corrected chi connectivity index (χ4v) is 3.24. The molecule has 4 heteroatoms. The lowest BCUT2D eigenvalue weighted by Crippen LogP contribution is -2.15. The molecule has 2 aromatic heterocycles. The molecule has 0 unspecified atom stereocenters. The summed E-state index contributed by atoms with van der Waals surface area (Å²) in [6, 6.07) is 4.01. The third-order valence-corrected chi connectivity index (χ3v) is 4.42. The zero-order chi connectivity index (χ0) is 14.3. The molecule has 21 heavy (non-hydrogen) atoms. The first-order chi connectivity index (χ1) is 10.4. The van der Waals surface area contributed by atoms with Crippen LogP contribution in [0.1, 0.15) is 44.1 Å². The van der Waals surface area contributed by atoms with E-state index in [0.717, 1.165) is 30.3 Å². The third-order valence-electron chi connectivity index (χ3n) is 4.42. The Kier molecular flexibility index (Phi) is 5.00. The lowest BCUT2D eigenvalue weighted by molar-refractivity contribution is 0.470. The average molecular weight is 284 g/mol. The summed E-state index contributed by atoms with van der Waals surface area (Å²) in [4.78, 5) is 4.17. The summed E-state index contributed by atoms with van der Waals surface area (Å²) < 4.78 is 0. The number of pyridine rings is 1. The van der Waals surface area contributed by atoms with Gasteiger partial charge in [-0.3, -0.25) is 10.1 Å². The fourth-order valence-electron chi connectivity index (χ4n) is 3.24. The molecule has 0 atom stereocenters. The second-order valence-corrected chi connectivity index (χ2v) is 5.98. The largest absolute Gasteiger partial charge is 0.313 e. The van der Waals surface area contributed by atoms with Gasteiger partial charge in [0.1, 0.15) is 0 Å². The minimum atomic E-state index is 0.866. The summed E-state index contributed by atoms with van der Waals surface area (Å²) in [7, 11) is 0. The van der Waals surface area contributed by atoms with Crippen LogP contribution >= 0.6 is 0 Å². The van der Waals surface area contributed by atoms with Gasteiger partial charge in [-0.2, -0.15) is 5.10 Å². The average Bonchev–Trinajstić information content (AvgIpc) is 3.19. The van der Waals surface area contributed by atoms with Crippen molar-refractivity contribution in [2.24, 2.45) is 5.92 Å². The second-order valence-electron chi connectivity index (χ2n) is 5.98. The number of rotatable bonds is 7. The molecule has 4 nitrogen and oxygen atoms in total. The van der Waals surface area contributed by atoms with E-state index in [0.29, 0.717) is 0 Å². The Bertz CT molecular complexity index is 529. The van der Waals surface area contributed by atoms with E-state index in [-0.39, 0.29) is 0 Å². The van der Waals surface area contributed by atoms with Crippen LogP contribution in [0.4, 0.5) is 0 Å². The molecule has 2 heterocycles. The molecule has 1 aliphatic rings. The number of nitrogens with one attached hydrogen (secondary N) is 2. The van der Waals surface area contributed by atoms with Gasteiger partial charge >= 0.3 is 0 Å². The molecule has 0 saturated heterocycles. The first-order valence-electron chi connectivity index (χ1n) is 8.07. The monoisotopic (exact) mass is 284 g/mol. The smallest absolute Gasteiger partial charge is 0.0710 e. The topological polar surface area (TPSA) is 53.6 Å². The molecule has 1 fully saturated rings. The van der Waals surface area contributed by atoms with E-state index < -0.39 is 0 Å². The van der Waals surface area contributed by atoms with Gasteiger partial charge in [-0.15, -0.1) is 0 Å². The van der Waals surface area contributed by atoms with Crippen LogP contribution in [0.15, 0.2) is 30.7 Å². The summed E-state index contributed by atoms with van der Waals surface area (Å²) >= 11 is 0. The molecular weight excluding hydrogens is 260 g/mol. The molecule has 1 aliphatic carbocycles. The second kappa shape index (κ2) is 7.36. The molecule has 2 N–H and O–H groups in total. The molecule has 0 radical (unpaired) electrons. The highest BCUT2D eigenvalue weighted by molar-refractivity contribution is 5.61. The summed E-state index contributed by atoms with van der Waals surface area (Å²) in [5, 5.41) is 10.8. The van der Waals surface area contributed by atoms with E-state index in [1.54, 1.807) is 6.20 Å². The van der Waals surface area contributed by atoms with Crippen LogP contribution in [0.25, 0.3) is 11.3 Å². The van der Waals surface area contributed by atoms with Gasteiger partial charge in [-0.25, -0.2) is 0 Å². The number of hydrogen-bond donors (Lipinski definition) is 2. The van der Waals surface area contributed by atoms with E-state index in [1.807, 2.05) is 18.5 Å². The first kappa shape index (κ1) is 14.3. The van der Waals surface area contributed by atoms with E-state index >= 15 is 0 Å². The van der Waals surface area contributed by atoms with E-state index in [2.05, 4.69) is 26.6 Å². The minimum absolute atomic E-state index is 0.866. The van der Waals surface area contributed by atoms with Gasteiger partial charge in [0.05, 0.1) is 11.9 Å². The van der Waals surface area contributed by atoms with Crippen LogP contribution in [0.2, 0.25) is 0 Å². The number of hydrogen-bond acceptors (Lipinski definition) is 3. The molecule has 1 saturated carbocycles. The fraction of sp³-hybridized carbons (Fsp3) is 0.529. The van der Waals surface area contributed by atoms with Gasteiger partial charge < -0.3 is 5.32 Å². The maximum Gasteiger partial charge on any atom is 0.0710 e. The van der Waals surface area contributed by atoms with Gasteiger partial charge in [0.15, 0.2) is 0 Å². The van der Waals surface area contributed by atoms with Gasteiger partial charge in [0.25, 0.3) is 0 Å². The lowest BCUT2D eigenvalue weighted by Gasteiger charge is -2.09. The Morgan fingerprint density at radius 1 is 1.24 bits per heavy atom. The third kappa shape index (κ3) is 3.91. The predicted octanol–water partition coefficient (Wildman–Crippen LogP) is 3.53. The summed E-state index contributed by atoms with van der Waals surface area (Å²) in [5.74, 6) is 0.992.